The molecule has 0 heterocycles. The van der Waals surface area contributed by atoms with E-state index in [1.807, 2.05) is 48.5 Å². The summed E-state index contributed by atoms with van der Waals surface area (Å²) >= 11 is 0. The molecule has 0 saturated heterocycles. The Morgan fingerprint density at radius 3 is 2.17 bits per heavy atom. The van der Waals surface area contributed by atoms with E-state index in [-0.39, 0.29) is 4.90 Å². The van der Waals surface area contributed by atoms with Gasteiger partial charge in [-0.05, 0) is 52.7 Å². The van der Waals surface area contributed by atoms with Gasteiger partial charge in [0.05, 0.1) is 10.6 Å². The lowest BCUT2D eigenvalue weighted by Crippen LogP contribution is -2.26. The van der Waals surface area contributed by atoms with Gasteiger partial charge in [0.2, 0.25) is 0 Å². The van der Waals surface area contributed by atoms with Gasteiger partial charge in [0.25, 0.3) is 10.0 Å². The SMILES string of the molecule is CN(c1ccccc1)S(=O)(=O)c1ccc(NC(N)c2cccc3ccccc23)cc1. The molecule has 0 aliphatic carbocycles. The quantitative estimate of drug-likeness (QED) is 0.445. The number of rotatable bonds is 6. The highest BCUT2D eigenvalue weighted by Gasteiger charge is 2.21. The number of nitrogens with two attached hydrogens (primary N) is 1. The second kappa shape index (κ2) is 8.18. The standard InChI is InChI=1S/C24H23N3O2S/c1-27(20-10-3-2-4-11-20)30(28,29)21-16-14-19(15-17-21)26-24(25)23-13-7-9-18-8-5-6-12-22(18)23/h2-17,24,26H,25H2,1H3. The highest BCUT2D eigenvalue weighted by molar-refractivity contribution is 7.92. The molecule has 0 aliphatic heterocycles. The molecule has 0 spiro atoms. The van der Waals surface area contributed by atoms with Crippen LogP contribution in [0.4, 0.5) is 11.4 Å². The van der Waals surface area contributed by atoms with Crippen LogP contribution in [0.5, 0.6) is 0 Å². The van der Waals surface area contributed by atoms with E-state index in [4.69, 9.17) is 5.73 Å². The number of para-hydroxylation sites is 1. The molecule has 0 fully saturated rings. The van der Waals surface area contributed by atoms with E-state index in [2.05, 4.69) is 17.4 Å². The minimum Gasteiger partial charge on any atom is -0.366 e. The summed E-state index contributed by atoms with van der Waals surface area (Å²) < 4.78 is 27.1. The van der Waals surface area contributed by atoms with Crippen LogP contribution in [0.1, 0.15) is 11.7 Å². The van der Waals surface area contributed by atoms with Gasteiger partial charge < -0.3 is 11.1 Å². The van der Waals surface area contributed by atoms with Gasteiger partial charge in [0, 0.05) is 12.7 Å². The average Bonchev–Trinajstić information content (AvgIpc) is 2.79. The molecular formula is C24H23N3O2S. The van der Waals surface area contributed by atoms with Gasteiger partial charge in [0.1, 0.15) is 6.17 Å². The number of sulfonamides is 1. The number of nitrogens with zero attached hydrogens (tertiary/aromatic N) is 1. The van der Waals surface area contributed by atoms with Gasteiger partial charge in [-0.25, -0.2) is 8.42 Å². The van der Waals surface area contributed by atoms with Crippen molar-refractivity contribution in [2.75, 3.05) is 16.7 Å². The third-order valence-corrected chi connectivity index (χ3v) is 6.91. The normalized spacial score (nSPS) is 12.5. The fourth-order valence-electron chi connectivity index (χ4n) is 3.44. The molecule has 0 aromatic heterocycles. The second-order valence-corrected chi connectivity index (χ2v) is 8.99. The molecule has 0 amide bonds. The highest BCUT2D eigenvalue weighted by Crippen LogP contribution is 2.26. The molecule has 6 heteroatoms. The maximum Gasteiger partial charge on any atom is 0.264 e. The molecule has 1 atom stereocenters. The Hall–Kier alpha value is -3.35. The maximum absolute atomic E-state index is 12.9. The van der Waals surface area contributed by atoms with Gasteiger partial charge >= 0.3 is 0 Å². The summed E-state index contributed by atoms with van der Waals surface area (Å²) in [5.74, 6) is 0. The van der Waals surface area contributed by atoms with Crippen LogP contribution in [0.3, 0.4) is 0 Å². The molecule has 0 aliphatic rings. The van der Waals surface area contributed by atoms with Crippen LogP contribution < -0.4 is 15.4 Å². The molecule has 30 heavy (non-hydrogen) atoms. The zero-order chi connectivity index (χ0) is 21.1. The first-order valence-corrected chi connectivity index (χ1v) is 11.0. The molecule has 4 aromatic rings. The van der Waals surface area contributed by atoms with Gasteiger partial charge in [-0.15, -0.1) is 0 Å². The van der Waals surface area contributed by atoms with Crippen LogP contribution >= 0.6 is 0 Å². The smallest absolute Gasteiger partial charge is 0.264 e. The number of hydrogen-bond donors (Lipinski definition) is 2. The second-order valence-electron chi connectivity index (χ2n) is 7.02. The van der Waals surface area contributed by atoms with Crippen molar-refractivity contribution in [3.05, 3.63) is 103 Å². The summed E-state index contributed by atoms with van der Waals surface area (Å²) in [6.45, 7) is 0. The third kappa shape index (κ3) is 3.87. The van der Waals surface area contributed by atoms with Crippen molar-refractivity contribution in [1.29, 1.82) is 0 Å². The monoisotopic (exact) mass is 417 g/mol. The first-order chi connectivity index (χ1) is 14.5. The topological polar surface area (TPSA) is 75.4 Å². The van der Waals surface area contributed by atoms with E-state index in [0.717, 1.165) is 22.0 Å². The summed E-state index contributed by atoms with van der Waals surface area (Å²) in [6, 6.07) is 29.7. The molecule has 4 aromatic carbocycles. The Bertz CT molecular complexity index is 1250. The zero-order valence-corrected chi connectivity index (χ0v) is 17.4. The van der Waals surface area contributed by atoms with Crippen molar-refractivity contribution in [1.82, 2.24) is 0 Å². The highest BCUT2D eigenvalue weighted by atomic mass is 32.2. The molecule has 3 N–H and O–H groups in total. The third-order valence-electron chi connectivity index (χ3n) is 5.11. The first-order valence-electron chi connectivity index (χ1n) is 9.60. The van der Waals surface area contributed by atoms with E-state index in [9.17, 15) is 8.42 Å². The zero-order valence-electron chi connectivity index (χ0n) is 16.6. The molecule has 0 radical (unpaired) electrons. The summed E-state index contributed by atoms with van der Waals surface area (Å²) in [7, 11) is -2.10. The van der Waals surface area contributed by atoms with E-state index in [1.165, 1.54) is 4.31 Å². The Labute approximate surface area is 176 Å². The lowest BCUT2D eigenvalue weighted by atomic mass is 10.0. The van der Waals surface area contributed by atoms with Crippen molar-refractivity contribution in [2.24, 2.45) is 5.73 Å². The van der Waals surface area contributed by atoms with Crippen molar-refractivity contribution >= 4 is 32.2 Å². The predicted molar refractivity (Wildman–Crippen MR) is 123 cm³/mol. The molecule has 0 saturated carbocycles. The number of fused-ring (bicyclic) bond motifs is 1. The average molecular weight is 418 g/mol. The van der Waals surface area contributed by atoms with E-state index < -0.39 is 16.2 Å². The van der Waals surface area contributed by atoms with Crippen LogP contribution in [0, 0.1) is 0 Å². The molecule has 4 rings (SSSR count). The summed E-state index contributed by atoms with van der Waals surface area (Å²) in [5.41, 5.74) is 8.74. The molecule has 152 valence electrons. The fraction of sp³-hybridized carbons (Fsp3) is 0.0833. The van der Waals surface area contributed by atoms with Crippen LogP contribution in [0.15, 0.2) is 102 Å². The number of anilines is 2. The van der Waals surface area contributed by atoms with Crippen LogP contribution in [-0.4, -0.2) is 15.5 Å². The van der Waals surface area contributed by atoms with Gasteiger partial charge in [-0.1, -0.05) is 60.7 Å². The number of hydrogen-bond acceptors (Lipinski definition) is 4. The van der Waals surface area contributed by atoms with E-state index >= 15 is 0 Å². The van der Waals surface area contributed by atoms with E-state index in [0.29, 0.717) is 5.69 Å². The van der Waals surface area contributed by atoms with Gasteiger partial charge in [-0.2, -0.15) is 0 Å². The van der Waals surface area contributed by atoms with Crippen molar-refractivity contribution in [3.8, 4) is 0 Å². The number of nitrogens with one attached hydrogen (secondary N) is 1. The predicted octanol–water partition coefficient (Wildman–Crippen LogP) is 4.73. The molecule has 5 nitrogen and oxygen atoms in total. The minimum absolute atomic E-state index is 0.220. The Morgan fingerprint density at radius 1 is 0.800 bits per heavy atom. The van der Waals surface area contributed by atoms with Gasteiger partial charge in [0.15, 0.2) is 0 Å². The minimum atomic E-state index is -3.64. The maximum atomic E-state index is 12.9. The summed E-state index contributed by atoms with van der Waals surface area (Å²) in [6.07, 6.45) is -0.425. The first kappa shape index (κ1) is 19.9. The largest absolute Gasteiger partial charge is 0.366 e. The van der Waals surface area contributed by atoms with Gasteiger partial charge in [-0.3, -0.25) is 4.31 Å². The lowest BCUT2D eigenvalue weighted by Gasteiger charge is -2.20. The Kier molecular flexibility index (Phi) is 5.44. The van der Waals surface area contributed by atoms with Crippen LogP contribution in [0.25, 0.3) is 10.8 Å². The summed E-state index contributed by atoms with van der Waals surface area (Å²) in [5, 5.41) is 5.47. The Morgan fingerprint density at radius 2 is 1.43 bits per heavy atom. The molecule has 1 unspecified atom stereocenters. The lowest BCUT2D eigenvalue weighted by molar-refractivity contribution is 0.594. The van der Waals surface area contributed by atoms with E-state index in [1.54, 1.807) is 43.4 Å². The van der Waals surface area contributed by atoms with Crippen LogP contribution in [0.2, 0.25) is 0 Å². The molecule has 0 bridgehead atoms. The fourth-order valence-corrected chi connectivity index (χ4v) is 4.63. The Balaban J connectivity index is 1.55. The van der Waals surface area contributed by atoms with Crippen molar-refractivity contribution in [2.45, 2.75) is 11.1 Å². The van der Waals surface area contributed by atoms with Crippen molar-refractivity contribution < 1.29 is 8.42 Å². The molecular weight excluding hydrogens is 394 g/mol. The number of benzene rings is 4. The summed E-state index contributed by atoms with van der Waals surface area (Å²) in [4.78, 5) is 0.220. The van der Waals surface area contributed by atoms with Crippen LogP contribution in [-0.2, 0) is 10.0 Å². The van der Waals surface area contributed by atoms with Crippen molar-refractivity contribution in [3.63, 3.8) is 0 Å².